The summed E-state index contributed by atoms with van der Waals surface area (Å²) >= 11 is 2.80. The molecule has 1 N–H and O–H groups in total. The van der Waals surface area contributed by atoms with Crippen molar-refractivity contribution < 1.29 is 14.7 Å². The lowest BCUT2D eigenvalue weighted by Gasteiger charge is -2.06. The number of methoxy groups -OCH3 is 1. The van der Waals surface area contributed by atoms with Gasteiger partial charge in [-0.3, -0.25) is 4.40 Å². The third-order valence-electron chi connectivity index (χ3n) is 2.94. The molecule has 0 aliphatic carbocycles. The molecule has 0 atom stereocenters. The van der Waals surface area contributed by atoms with Gasteiger partial charge in [0.05, 0.1) is 18.9 Å². The molecule has 0 bridgehead atoms. The lowest BCUT2D eigenvalue weighted by Crippen LogP contribution is -2.02. The Labute approximate surface area is 134 Å². The molecule has 0 aliphatic heterocycles. The van der Waals surface area contributed by atoms with E-state index >= 15 is 0 Å². The summed E-state index contributed by atoms with van der Waals surface area (Å²) in [5.74, 6) is -0.401. The zero-order valence-electron chi connectivity index (χ0n) is 11.5. The number of nitrogens with zero attached hydrogens (tertiary/aromatic N) is 3. The number of carbonyl (C=O) groups is 1. The van der Waals surface area contributed by atoms with E-state index in [4.69, 9.17) is 9.94 Å². The largest absolute Gasteiger partial charge is 0.465 e. The third-order valence-corrected chi connectivity index (χ3v) is 4.77. The smallest absolute Gasteiger partial charge is 0.339 e. The summed E-state index contributed by atoms with van der Waals surface area (Å²) in [6.07, 6.45) is 3.18. The Balaban J connectivity index is 2.05. The van der Waals surface area contributed by atoms with Crippen LogP contribution in [0.25, 0.3) is 4.96 Å². The molecule has 1 aromatic carbocycles. The molecule has 0 aliphatic rings. The molecule has 0 spiro atoms. The van der Waals surface area contributed by atoms with Crippen molar-refractivity contribution >= 4 is 40.2 Å². The minimum Gasteiger partial charge on any atom is -0.465 e. The van der Waals surface area contributed by atoms with Gasteiger partial charge in [-0.05, 0) is 12.1 Å². The molecule has 8 heteroatoms. The fraction of sp³-hybridized carbons (Fsp3) is 0.0714. The molecule has 0 saturated carbocycles. The Kier molecular flexibility index (Phi) is 4.12. The van der Waals surface area contributed by atoms with E-state index in [2.05, 4.69) is 10.1 Å². The molecule has 6 nitrogen and oxygen atoms in total. The van der Waals surface area contributed by atoms with E-state index in [1.807, 2.05) is 28.1 Å². The summed E-state index contributed by atoms with van der Waals surface area (Å²) < 4.78 is 6.62. The Morgan fingerprint density at radius 2 is 2.32 bits per heavy atom. The standard InChI is InChI=1S/C14H11N3O3S2/c1-20-13(18)9-4-2-3-5-11(9)22-12-10(8-15-19)17-6-7-21-14(17)16-12/h2-8,19H,1H3. The summed E-state index contributed by atoms with van der Waals surface area (Å²) in [5, 5.41) is 14.5. The van der Waals surface area contributed by atoms with E-state index < -0.39 is 5.97 Å². The number of hydrogen-bond donors (Lipinski definition) is 1. The molecule has 112 valence electrons. The van der Waals surface area contributed by atoms with Crippen LogP contribution in [0.1, 0.15) is 16.1 Å². The van der Waals surface area contributed by atoms with Gasteiger partial charge in [-0.25, -0.2) is 9.78 Å². The molecule has 3 rings (SSSR count). The average molecular weight is 333 g/mol. The lowest BCUT2D eigenvalue weighted by atomic mass is 10.2. The number of benzene rings is 1. The van der Waals surface area contributed by atoms with E-state index in [0.29, 0.717) is 16.3 Å². The van der Waals surface area contributed by atoms with Crippen molar-refractivity contribution in [3.8, 4) is 0 Å². The van der Waals surface area contributed by atoms with Gasteiger partial charge in [0.1, 0.15) is 10.7 Å². The van der Waals surface area contributed by atoms with Gasteiger partial charge < -0.3 is 9.94 Å². The zero-order valence-corrected chi connectivity index (χ0v) is 13.1. The molecule has 0 amide bonds. The molecular weight excluding hydrogens is 322 g/mol. The number of esters is 1. The maximum atomic E-state index is 11.8. The van der Waals surface area contributed by atoms with Gasteiger partial charge in [-0.1, -0.05) is 29.1 Å². The van der Waals surface area contributed by atoms with E-state index in [1.54, 1.807) is 12.1 Å². The number of imidazole rings is 1. The number of aromatic nitrogens is 2. The summed E-state index contributed by atoms with van der Waals surface area (Å²) in [4.78, 5) is 17.8. The minimum atomic E-state index is -0.401. The molecule has 2 heterocycles. The van der Waals surface area contributed by atoms with Gasteiger partial charge in [0.25, 0.3) is 0 Å². The van der Waals surface area contributed by atoms with Crippen molar-refractivity contribution in [3.05, 3.63) is 47.1 Å². The first-order chi connectivity index (χ1) is 10.7. The van der Waals surface area contributed by atoms with E-state index in [0.717, 1.165) is 9.86 Å². The highest BCUT2D eigenvalue weighted by Gasteiger charge is 2.17. The van der Waals surface area contributed by atoms with Gasteiger partial charge >= 0.3 is 5.97 Å². The number of ether oxygens (including phenoxy) is 1. The fourth-order valence-corrected chi connectivity index (χ4v) is 3.75. The summed E-state index contributed by atoms with van der Waals surface area (Å²) in [7, 11) is 1.35. The first kappa shape index (κ1) is 14.6. The van der Waals surface area contributed by atoms with Crippen LogP contribution in [0.4, 0.5) is 0 Å². The van der Waals surface area contributed by atoms with Crippen LogP contribution in [0.15, 0.2) is 50.9 Å². The number of oxime groups is 1. The first-order valence-electron chi connectivity index (χ1n) is 6.22. The van der Waals surface area contributed by atoms with Crippen molar-refractivity contribution in [2.45, 2.75) is 9.92 Å². The molecule has 0 radical (unpaired) electrons. The van der Waals surface area contributed by atoms with Crippen molar-refractivity contribution in [2.24, 2.45) is 5.16 Å². The second kappa shape index (κ2) is 6.20. The quantitative estimate of drug-likeness (QED) is 0.343. The van der Waals surface area contributed by atoms with Crippen molar-refractivity contribution in [1.29, 1.82) is 0 Å². The highest BCUT2D eigenvalue weighted by molar-refractivity contribution is 7.99. The highest BCUT2D eigenvalue weighted by Crippen LogP contribution is 2.33. The molecule has 2 aromatic heterocycles. The maximum Gasteiger partial charge on any atom is 0.339 e. The molecule has 22 heavy (non-hydrogen) atoms. The van der Waals surface area contributed by atoms with E-state index in [9.17, 15) is 4.79 Å². The predicted octanol–water partition coefficient (Wildman–Crippen LogP) is 3.14. The van der Waals surface area contributed by atoms with Crippen LogP contribution in [0, 0.1) is 0 Å². The van der Waals surface area contributed by atoms with Crippen LogP contribution in [0.5, 0.6) is 0 Å². The zero-order chi connectivity index (χ0) is 15.5. The van der Waals surface area contributed by atoms with Gasteiger partial charge in [-0.15, -0.1) is 11.3 Å². The van der Waals surface area contributed by atoms with Gasteiger partial charge in [-0.2, -0.15) is 0 Å². The predicted molar refractivity (Wildman–Crippen MR) is 84.4 cm³/mol. The number of hydrogen-bond acceptors (Lipinski definition) is 7. The Morgan fingerprint density at radius 3 is 3.09 bits per heavy atom. The van der Waals surface area contributed by atoms with Crippen molar-refractivity contribution in [1.82, 2.24) is 9.38 Å². The van der Waals surface area contributed by atoms with Crippen LogP contribution < -0.4 is 0 Å². The average Bonchev–Trinajstić information content (AvgIpc) is 3.10. The van der Waals surface area contributed by atoms with Gasteiger partial charge in [0, 0.05) is 16.5 Å². The van der Waals surface area contributed by atoms with Gasteiger partial charge in [0.2, 0.25) is 0 Å². The van der Waals surface area contributed by atoms with E-state index in [-0.39, 0.29) is 0 Å². The fourth-order valence-electron chi connectivity index (χ4n) is 1.97. The lowest BCUT2D eigenvalue weighted by molar-refractivity contribution is 0.0597. The number of thiazole rings is 1. The molecule has 0 unspecified atom stereocenters. The monoisotopic (exact) mass is 333 g/mol. The Morgan fingerprint density at radius 1 is 1.50 bits per heavy atom. The van der Waals surface area contributed by atoms with Gasteiger partial charge in [0.15, 0.2) is 4.96 Å². The first-order valence-corrected chi connectivity index (χ1v) is 7.92. The number of carbonyl (C=O) groups excluding carboxylic acids is 1. The molecule has 0 saturated heterocycles. The van der Waals surface area contributed by atoms with Crippen molar-refractivity contribution in [3.63, 3.8) is 0 Å². The van der Waals surface area contributed by atoms with Crippen LogP contribution in [0.3, 0.4) is 0 Å². The summed E-state index contributed by atoms with van der Waals surface area (Å²) in [6.45, 7) is 0. The SMILES string of the molecule is COC(=O)c1ccccc1Sc1nc2sccn2c1C=NO. The highest BCUT2D eigenvalue weighted by atomic mass is 32.2. The molecule has 3 aromatic rings. The summed E-state index contributed by atoms with van der Waals surface area (Å²) in [5.41, 5.74) is 1.13. The molecule has 0 fully saturated rings. The van der Waals surface area contributed by atoms with Crippen LogP contribution in [-0.4, -0.2) is 33.9 Å². The van der Waals surface area contributed by atoms with Crippen molar-refractivity contribution in [2.75, 3.05) is 7.11 Å². The number of fused-ring (bicyclic) bond motifs is 1. The normalized spacial score (nSPS) is 11.3. The van der Waals surface area contributed by atoms with Crippen LogP contribution >= 0.6 is 23.1 Å². The third kappa shape index (κ3) is 2.58. The van der Waals surface area contributed by atoms with Crippen LogP contribution in [-0.2, 0) is 4.74 Å². The minimum absolute atomic E-state index is 0.401. The second-order valence-corrected chi connectivity index (χ2v) is 6.10. The van der Waals surface area contributed by atoms with Crippen LogP contribution in [0.2, 0.25) is 0 Å². The Bertz CT molecular complexity index is 854. The maximum absolute atomic E-state index is 11.8. The Hall–Kier alpha value is -2.32. The topological polar surface area (TPSA) is 76.2 Å². The van der Waals surface area contributed by atoms with E-state index in [1.165, 1.54) is 36.4 Å². The summed E-state index contributed by atoms with van der Waals surface area (Å²) in [6, 6.07) is 7.14. The molecular formula is C14H11N3O3S2. The number of rotatable bonds is 4. The second-order valence-electron chi connectivity index (χ2n) is 4.19.